The van der Waals surface area contributed by atoms with Gasteiger partial charge >= 0.3 is 0 Å². The van der Waals surface area contributed by atoms with E-state index in [1.807, 2.05) is 24.7 Å². The molecule has 0 radical (unpaired) electrons. The minimum absolute atomic E-state index is 0.0758. The maximum Gasteiger partial charge on any atom is 0.0698 e. The molecule has 6 aromatic carbocycles. The molecule has 2 aromatic heterocycles. The van der Waals surface area contributed by atoms with Gasteiger partial charge in [0, 0.05) is 24.5 Å². The highest BCUT2D eigenvalue weighted by molar-refractivity contribution is 6.26. The molecule has 0 N–H and O–H groups in total. The normalized spacial score (nSPS) is 14.9. The lowest BCUT2D eigenvalue weighted by Gasteiger charge is -2.24. The Morgan fingerprint density at radius 3 is 1.78 bits per heavy atom. The van der Waals surface area contributed by atoms with Crippen molar-refractivity contribution in [2.75, 3.05) is 0 Å². The topological polar surface area (TPSA) is 25.8 Å². The van der Waals surface area contributed by atoms with Crippen molar-refractivity contribution in [1.82, 2.24) is 9.97 Å². The molecule has 2 heterocycles. The van der Waals surface area contributed by atoms with Crippen molar-refractivity contribution in [1.29, 1.82) is 0 Å². The van der Waals surface area contributed by atoms with Crippen molar-refractivity contribution >= 4 is 37.9 Å². The Balaban J connectivity index is 1.17. The molecule has 2 nitrogen and oxygen atoms in total. The molecule has 9 rings (SSSR count). The number of allylic oxidation sites excluding steroid dienone is 4. The molecule has 0 aliphatic heterocycles. The van der Waals surface area contributed by atoms with Crippen molar-refractivity contribution in [2.24, 2.45) is 0 Å². The van der Waals surface area contributed by atoms with Crippen molar-refractivity contribution in [2.45, 2.75) is 38.5 Å². The predicted molar refractivity (Wildman–Crippen MR) is 212 cm³/mol. The monoisotopic (exact) mass is 642 g/mol. The Labute approximate surface area is 293 Å². The summed E-state index contributed by atoms with van der Waals surface area (Å²) in [6, 6.07) is 44.9. The van der Waals surface area contributed by atoms with Gasteiger partial charge in [-0.2, -0.15) is 0 Å². The third-order valence-corrected chi connectivity index (χ3v) is 10.5. The molecule has 1 unspecified atom stereocenters. The fraction of sp³-hybridized carbons (Fsp3) is 0.125. The van der Waals surface area contributed by atoms with Crippen LogP contribution in [0.2, 0.25) is 0 Å². The highest BCUT2D eigenvalue weighted by Gasteiger charge is 2.22. The molecule has 0 saturated carbocycles. The van der Waals surface area contributed by atoms with Crippen LogP contribution in [0.15, 0.2) is 158 Å². The van der Waals surface area contributed by atoms with Gasteiger partial charge in [0.2, 0.25) is 0 Å². The van der Waals surface area contributed by atoms with Crippen LogP contribution < -0.4 is 0 Å². The van der Waals surface area contributed by atoms with Gasteiger partial charge in [0.15, 0.2) is 0 Å². The number of aromatic nitrogens is 2. The van der Waals surface area contributed by atoms with E-state index in [0.717, 1.165) is 12.1 Å². The SMILES string of the molecule is CC(C)(C)c1cc2ccc3c(-c4ccc(-c5ccc(-c6ccncc6)cc5)cc4)cc(C4C=CC(c5ccccn5)=CC4)c4ccc(c1)c2c34. The van der Waals surface area contributed by atoms with Gasteiger partial charge in [-0.1, -0.05) is 130 Å². The van der Waals surface area contributed by atoms with Crippen LogP contribution in [-0.2, 0) is 5.41 Å². The molecule has 0 saturated heterocycles. The Bertz CT molecular complexity index is 2530. The predicted octanol–water partition coefficient (Wildman–Crippen LogP) is 12.8. The Hall–Kier alpha value is -5.86. The summed E-state index contributed by atoms with van der Waals surface area (Å²) < 4.78 is 0. The average Bonchev–Trinajstić information content (AvgIpc) is 3.17. The molecule has 0 amide bonds. The van der Waals surface area contributed by atoms with Gasteiger partial charge in [-0.15, -0.1) is 0 Å². The standard InChI is InChI=1S/C48H38N2/c1-48(2,3)40-28-38-19-21-41-43(35-13-11-32(12-14-35)31-7-9-33(10-8-31)34-23-26-49-27-24-34)30-44(42-22-20-39(29-40)46(38)47(41)42)36-15-17-37(18-16-36)45-6-4-5-25-50-45/h4-15,17-30,36H,16H2,1-3H3. The van der Waals surface area contributed by atoms with Gasteiger partial charge in [-0.3, -0.25) is 9.97 Å². The lowest BCUT2D eigenvalue weighted by molar-refractivity contribution is 0.591. The molecule has 0 bridgehead atoms. The fourth-order valence-corrected chi connectivity index (χ4v) is 7.74. The molecule has 240 valence electrons. The Kier molecular flexibility index (Phi) is 7.21. The molecular formula is C48H38N2. The number of hydrogen-bond donors (Lipinski definition) is 0. The largest absolute Gasteiger partial charge is 0.265 e. The number of pyridine rings is 2. The summed E-state index contributed by atoms with van der Waals surface area (Å²) in [5, 5.41) is 8.03. The van der Waals surface area contributed by atoms with Gasteiger partial charge < -0.3 is 0 Å². The highest BCUT2D eigenvalue weighted by Crippen LogP contribution is 2.45. The number of benzene rings is 6. The second-order valence-electron chi connectivity index (χ2n) is 14.6. The van der Waals surface area contributed by atoms with Crippen LogP contribution in [0.4, 0.5) is 0 Å². The second-order valence-corrected chi connectivity index (χ2v) is 14.6. The minimum Gasteiger partial charge on any atom is -0.265 e. The van der Waals surface area contributed by atoms with Crippen LogP contribution in [0.5, 0.6) is 0 Å². The third-order valence-electron chi connectivity index (χ3n) is 10.5. The first-order chi connectivity index (χ1) is 24.4. The lowest BCUT2D eigenvalue weighted by atomic mass is 9.79. The summed E-state index contributed by atoms with van der Waals surface area (Å²) in [5.41, 5.74) is 12.4. The zero-order valence-corrected chi connectivity index (χ0v) is 28.7. The average molecular weight is 643 g/mol. The maximum atomic E-state index is 4.61. The fourth-order valence-electron chi connectivity index (χ4n) is 7.74. The van der Waals surface area contributed by atoms with E-state index in [2.05, 4.69) is 164 Å². The number of rotatable bonds is 5. The van der Waals surface area contributed by atoms with Gasteiger partial charge in [-0.25, -0.2) is 0 Å². The van der Waals surface area contributed by atoms with E-state index in [4.69, 9.17) is 0 Å². The number of hydrogen-bond acceptors (Lipinski definition) is 2. The van der Waals surface area contributed by atoms with Crippen LogP contribution in [0.3, 0.4) is 0 Å². The van der Waals surface area contributed by atoms with Gasteiger partial charge in [0.1, 0.15) is 0 Å². The van der Waals surface area contributed by atoms with Crippen molar-refractivity contribution in [3.05, 3.63) is 175 Å². The quantitative estimate of drug-likeness (QED) is 0.175. The molecular weight excluding hydrogens is 605 g/mol. The third kappa shape index (κ3) is 5.29. The highest BCUT2D eigenvalue weighted by atomic mass is 14.7. The van der Waals surface area contributed by atoms with Crippen LogP contribution in [0.25, 0.3) is 71.3 Å². The minimum atomic E-state index is 0.0758. The van der Waals surface area contributed by atoms with Crippen LogP contribution in [0.1, 0.15) is 49.9 Å². The molecule has 0 spiro atoms. The first-order valence-corrected chi connectivity index (χ1v) is 17.6. The van der Waals surface area contributed by atoms with E-state index in [9.17, 15) is 0 Å². The van der Waals surface area contributed by atoms with Crippen LogP contribution in [-0.4, -0.2) is 9.97 Å². The van der Waals surface area contributed by atoms with Crippen molar-refractivity contribution in [3.8, 4) is 33.4 Å². The zero-order valence-electron chi connectivity index (χ0n) is 28.7. The first kappa shape index (κ1) is 30.2. The van der Waals surface area contributed by atoms with Gasteiger partial charge in [-0.05, 0) is 125 Å². The summed E-state index contributed by atoms with van der Waals surface area (Å²) in [6.45, 7) is 6.91. The summed E-state index contributed by atoms with van der Waals surface area (Å²) in [4.78, 5) is 8.77. The van der Waals surface area contributed by atoms with E-state index in [0.29, 0.717) is 0 Å². The number of nitrogens with zero attached hydrogens (tertiary/aromatic N) is 2. The lowest BCUT2D eigenvalue weighted by Crippen LogP contribution is -2.11. The van der Waals surface area contributed by atoms with Gasteiger partial charge in [0.05, 0.1) is 5.69 Å². The van der Waals surface area contributed by atoms with E-state index in [-0.39, 0.29) is 11.3 Å². The Morgan fingerprint density at radius 2 is 1.20 bits per heavy atom. The van der Waals surface area contributed by atoms with E-state index in [1.165, 1.54) is 82.4 Å². The molecule has 1 aliphatic carbocycles. The Morgan fingerprint density at radius 1 is 0.580 bits per heavy atom. The first-order valence-electron chi connectivity index (χ1n) is 17.6. The molecule has 2 heteroatoms. The van der Waals surface area contributed by atoms with Crippen molar-refractivity contribution < 1.29 is 0 Å². The summed E-state index contributed by atoms with van der Waals surface area (Å²) in [5.74, 6) is 0.272. The van der Waals surface area contributed by atoms with Gasteiger partial charge in [0.25, 0.3) is 0 Å². The molecule has 1 aliphatic rings. The van der Waals surface area contributed by atoms with E-state index < -0.39 is 0 Å². The van der Waals surface area contributed by atoms with Crippen LogP contribution in [0, 0.1) is 0 Å². The smallest absolute Gasteiger partial charge is 0.0698 e. The van der Waals surface area contributed by atoms with E-state index in [1.54, 1.807) is 0 Å². The molecule has 50 heavy (non-hydrogen) atoms. The van der Waals surface area contributed by atoms with E-state index >= 15 is 0 Å². The molecule has 1 atom stereocenters. The maximum absolute atomic E-state index is 4.61. The summed E-state index contributed by atoms with van der Waals surface area (Å²) in [6.07, 6.45) is 13.5. The second kappa shape index (κ2) is 11.9. The zero-order chi connectivity index (χ0) is 33.8. The summed E-state index contributed by atoms with van der Waals surface area (Å²) in [7, 11) is 0. The molecule has 0 fully saturated rings. The van der Waals surface area contributed by atoms with Crippen LogP contribution >= 0.6 is 0 Å². The summed E-state index contributed by atoms with van der Waals surface area (Å²) >= 11 is 0. The van der Waals surface area contributed by atoms with Crippen molar-refractivity contribution in [3.63, 3.8) is 0 Å². The molecule has 8 aromatic rings.